The van der Waals surface area contributed by atoms with Crippen LogP contribution in [0.25, 0.3) is 10.4 Å². The molecular weight excluding hydrogens is 211 g/mol. The predicted octanol–water partition coefficient (Wildman–Crippen LogP) is 3.24. The second-order valence-electron chi connectivity index (χ2n) is 2.33. The SMILES string of the molecule is [N-]=[N+]=NCCc1cc(Cl)nc(Cl)c1. The molecule has 0 saturated heterocycles. The first-order chi connectivity index (χ1) is 6.22. The molecule has 0 N–H and O–H groups in total. The molecule has 1 aromatic heterocycles. The topological polar surface area (TPSA) is 61.7 Å². The highest BCUT2D eigenvalue weighted by molar-refractivity contribution is 6.32. The quantitative estimate of drug-likeness (QED) is 0.331. The Labute approximate surface area is 85.1 Å². The fourth-order valence-electron chi connectivity index (χ4n) is 0.882. The van der Waals surface area contributed by atoms with Gasteiger partial charge in [0.25, 0.3) is 0 Å². The highest BCUT2D eigenvalue weighted by Gasteiger charge is 1.98. The van der Waals surface area contributed by atoms with E-state index in [1.807, 2.05) is 0 Å². The molecule has 1 aromatic rings. The summed E-state index contributed by atoms with van der Waals surface area (Å²) in [5, 5.41) is 4.10. The molecule has 0 fully saturated rings. The van der Waals surface area contributed by atoms with Gasteiger partial charge in [-0.25, -0.2) is 4.98 Å². The number of halogens is 2. The van der Waals surface area contributed by atoms with Crippen molar-refractivity contribution in [3.8, 4) is 0 Å². The maximum absolute atomic E-state index is 8.05. The van der Waals surface area contributed by atoms with Crippen molar-refractivity contribution in [3.63, 3.8) is 0 Å². The van der Waals surface area contributed by atoms with Crippen molar-refractivity contribution in [2.24, 2.45) is 5.11 Å². The van der Waals surface area contributed by atoms with Crippen molar-refractivity contribution >= 4 is 23.2 Å². The number of pyridine rings is 1. The summed E-state index contributed by atoms with van der Waals surface area (Å²) in [5.41, 5.74) is 8.96. The summed E-state index contributed by atoms with van der Waals surface area (Å²) in [5.74, 6) is 0. The highest BCUT2D eigenvalue weighted by Crippen LogP contribution is 2.14. The van der Waals surface area contributed by atoms with E-state index >= 15 is 0 Å². The molecule has 13 heavy (non-hydrogen) atoms. The molecule has 0 unspecified atom stereocenters. The lowest BCUT2D eigenvalue weighted by Crippen LogP contribution is -1.90. The molecule has 0 saturated carbocycles. The van der Waals surface area contributed by atoms with Crippen LogP contribution in [0.4, 0.5) is 0 Å². The van der Waals surface area contributed by atoms with Gasteiger partial charge >= 0.3 is 0 Å². The van der Waals surface area contributed by atoms with Crippen molar-refractivity contribution in [1.82, 2.24) is 4.98 Å². The monoisotopic (exact) mass is 216 g/mol. The standard InChI is InChI=1S/C7H6Cl2N4/c8-6-3-5(1-2-11-13-10)4-7(9)12-6/h3-4H,1-2H2. The Bertz CT molecular complexity index is 326. The van der Waals surface area contributed by atoms with Gasteiger partial charge in [0.05, 0.1) is 0 Å². The third-order valence-corrected chi connectivity index (χ3v) is 1.77. The third kappa shape index (κ3) is 3.51. The van der Waals surface area contributed by atoms with E-state index in [0.717, 1.165) is 5.56 Å². The van der Waals surface area contributed by atoms with Crippen LogP contribution in [0.3, 0.4) is 0 Å². The lowest BCUT2D eigenvalue weighted by molar-refractivity contribution is 0.952. The average Bonchev–Trinajstić information content (AvgIpc) is 2.03. The number of hydrogen-bond donors (Lipinski definition) is 0. The highest BCUT2D eigenvalue weighted by atomic mass is 35.5. The van der Waals surface area contributed by atoms with Crippen LogP contribution >= 0.6 is 23.2 Å². The van der Waals surface area contributed by atoms with Crippen molar-refractivity contribution in [1.29, 1.82) is 0 Å². The van der Waals surface area contributed by atoms with Crippen LogP contribution in [0.5, 0.6) is 0 Å². The van der Waals surface area contributed by atoms with Crippen LogP contribution in [0, 0.1) is 0 Å². The molecule has 0 radical (unpaired) electrons. The van der Waals surface area contributed by atoms with Crippen LogP contribution < -0.4 is 0 Å². The lowest BCUT2D eigenvalue weighted by atomic mass is 10.2. The van der Waals surface area contributed by atoms with Gasteiger partial charge in [0.1, 0.15) is 10.3 Å². The zero-order valence-electron chi connectivity index (χ0n) is 6.61. The molecule has 0 aromatic carbocycles. The van der Waals surface area contributed by atoms with E-state index in [9.17, 15) is 0 Å². The van der Waals surface area contributed by atoms with Crippen LogP contribution in [0.1, 0.15) is 5.56 Å². The van der Waals surface area contributed by atoms with Gasteiger partial charge in [0, 0.05) is 11.5 Å². The first-order valence-electron chi connectivity index (χ1n) is 3.55. The lowest BCUT2D eigenvalue weighted by Gasteiger charge is -1.98. The summed E-state index contributed by atoms with van der Waals surface area (Å²) in [6.07, 6.45) is 0.617. The Morgan fingerprint density at radius 2 is 2.00 bits per heavy atom. The number of nitrogens with zero attached hydrogens (tertiary/aromatic N) is 4. The van der Waals surface area contributed by atoms with Gasteiger partial charge in [0.15, 0.2) is 0 Å². The van der Waals surface area contributed by atoms with E-state index in [0.29, 0.717) is 23.3 Å². The molecule has 0 atom stereocenters. The van der Waals surface area contributed by atoms with E-state index in [1.54, 1.807) is 12.1 Å². The van der Waals surface area contributed by atoms with Crippen molar-refractivity contribution in [2.75, 3.05) is 6.54 Å². The smallest absolute Gasteiger partial charge is 0.131 e. The second-order valence-corrected chi connectivity index (χ2v) is 3.10. The van der Waals surface area contributed by atoms with Gasteiger partial charge in [-0.1, -0.05) is 28.3 Å². The van der Waals surface area contributed by atoms with Crippen LogP contribution in [0.15, 0.2) is 17.2 Å². The van der Waals surface area contributed by atoms with Crippen LogP contribution in [-0.4, -0.2) is 11.5 Å². The number of azide groups is 1. The molecule has 0 amide bonds. The Morgan fingerprint density at radius 1 is 1.38 bits per heavy atom. The molecule has 0 aliphatic carbocycles. The summed E-state index contributed by atoms with van der Waals surface area (Å²) < 4.78 is 0. The van der Waals surface area contributed by atoms with Gasteiger partial charge in [0.2, 0.25) is 0 Å². The predicted molar refractivity (Wildman–Crippen MR) is 52.0 cm³/mol. The number of aromatic nitrogens is 1. The van der Waals surface area contributed by atoms with Gasteiger partial charge in [-0.15, -0.1) is 0 Å². The first kappa shape index (κ1) is 10.1. The zero-order valence-corrected chi connectivity index (χ0v) is 8.13. The summed E-state index contributed by atoms with van der Waals surface area (Å²) in [7, 11) is 0. The van der Waals surface area contributed by atoms with Crippen molar-refractivity contribution in [3.05, 3.63) is 38.4 Å². The van der Waals surface area contributed by atoms with E-state index in [-0.39, 0.29) is 0 Å². The minimum atomic E-state index is 0.350. The molecule has 0 aliphatic heterocycles. The fraction of sp³-hybridized carbons (Fsp3) is 0.286. The van der Waals surface area contributed by atoms with Crippen LogP contribution in [-0.2, 0) is 6.42 Å². The molecule has 0 bridgehead atoms. The largest absolute Gasteiger partial charge is 0.224 e. The van der Waals surface area contributed by atoms with E-state index in [1.165, 1.54) is 0 Å². The second kappa shape index (κ2) is 4.92. The minimum absolute atomic E-state index is 0.350. The molecule has 68 valence electrons. The Hall–Kier alpha value is -0.960. The van der Waals surface area contributed by atoms with E-state index in [4.69, 9.17) is 28.7 Å². The average molecular weight is 217 g/mol. The zero-order chi connectivity index (χ0) is 9.68. The van der Waals surface area contributed by atoms with E-state index < -0.39 is 0 Å². The summed E-state index contributed by atoms with van der Waals surface area (Å²) >= 11 is 11.3. The maximum atomic E-state index is 8.05. The van der Waals surface area contributed by atoms with Gasteiger partial charge < -0.3 is 0 Å². The minimum Gasteiger partial charge on any atom is -0.224 e. The maximum Gasteiger partial charge on any atom is 0.131 e. The summed E-state index contributed by atoms with van der Waals surface area (Å²) in [6.45, 7) is 0.396. The van der Waals surface area contributed by atoms with E-state index in [2.05, 4.69) is 15.0 Å². The normalized spacial score (nSPS) is 9.38. The molecule has 6 heteroatoms. The molecular formula is C7H6Cl2N4. The van der Waals surface area contributed by atoms with Crippen LogP contribution in [0.2, 0.25) is 10.3 Å². The van der Waals surface area contributed by atoms with Crippen molar-refractivity contribution < 1.29 is 0 Å². The Balaban J connectivity index is 2.71. The first-order valence-corrected chi connectivity index (χ1v) is 4.31. The van der Waals surface area contributed by atoms with Gasteiger partial charge in [-0.2, -0.15) is 0 Å². The molecule has 0 aliphatic rings. The molecule has 1 rings (SSSR count). The Kier molecular flexibility index (Phi) is 3.83. The summed E-state index contributed by atoms with van der Waals surface area (Å²) in [6, 6.07) is 3.39. The van der Waals surface area contributed by atoms with Crippen molar-refractivity contribution in [2.45, 2.75) is 6.42 Å². The fourth-order valence-corrected chi connectivity index (χ4v) is 1.39. The third-order valence-electron chi connectivity index (χ3n) is 1.39. The molecule has 0 spiro atoms. The summed E-state index contributed by atoms with van der Waals surface area (Å²) in [4.78, 5) is 6.43. The molecule has 4 nitrogen and oxygen atoms in total. The van der Waals surface area contributed by atoms with Gasteiger partial charge in [-0.3, -0.25) is 0 Å². The number of rotatable bonds is 3. The number of hydrogen-bond acceptors (Lipinski definition) is 2. The molecule has 1 heterocycles. The van der Waals surface area contributed by atoms with Gasteiger partial charge in [-0.05, 0) is 29.6 Å². The Morgan fingerprint density at radius 3 is 2.54 bits per heavy atom.